The number of piperidine rings is 3. The highest BCUT2D eigenvalue weighted by atomic mass is 35.5. The summed E-state index contributed by atoms with van der Waals surface area (Å²) in [4.78, 5) is 28.7. The van der Waals surface area contributed by atoms with Gasteiger partial charge in [-0.3, -0.25) is 20.2 Å². The molecule has 0 aromatic heterocycles. The van der Waals surface area contributed by atoms with Crippen LogP contribution in [-0.2, 0) is 14.3 Å². The van der Waals surface area contributed by atoms with Gasteiger partial charge in [0.05, 0.1) is 29.5 Å². The molecule has 5 saturated heterocycles. The molecule has 2 amide bonds. The second-order valence-corrected chi connectivity index (χ2v) is 14.0. The molecule has 5 N–H and O–H groups in total. The molecule has 13 heteroatoms. The largest absolute Gasteiger partial charge is 0.380 e. The summed E-state index contributed by atoms with van der Waals surface area (Å²) in [5.74, 6) is -0.0957. The average molecular weight is 593 g/mol. The van der Waals surface area contributed by atoms with E-state index in [0.29, 0.717) is 45.2 Å². The third kappa shape index (κ3) is 6.52. The van der Waals surface area contributed by atoms with E-state index in [1.165, 1.54) is 0 Å². The summed E-state index contributed by atoms with van der Waals surface area (Å²) in [6.45, 7) is 6.82. The summed E-state index contributed by atoms with van der Waals surface area (Å²) < 4.78 is 32.0. The number of alkyl halides is 3. The summed E-state index contributed by atoms with van der Waals surface area (Å²) in [6, 6.07) is -0.424. The van der Waals surface area contributed by atoms with Crippen LogP contribution < -0.4 is 26.6 Å². The fourth-order valence-corrected chi connectivity index (χ4v) is 9.03. The van der Waals surface area contributed by atoms with Crippen molar-refractivity contribution in [3.63, 3.8) is 0 Å². The van der Waals surface area contributed by atoms with Crippen LogP contribution in [0.2, 0.25) is 0 Å². The van der Waals surface area contributed by atoms with Crippen LogP contribution in [0.15, 0.2) is 0 Å². The first kappa shape index (κ1) is 29.7. The maximum atomic E-state index is 13.6. The Morgan fingerprint density at radius 2 is 1.79 bits per heavy atom. The number of amides is 2. The van der Waals surface area contributed by atoms with Crippen LogP contribution >= 0.6 is 23.4 Å². The summed E-state index contributed by atoms with van der Waals surface area (Å²) in [5.41, 5.74) is -0.329. The molecule has 12 atom stereocenters. The first-order chi connectivity index (χ1) is 18.6. The summed E-state index contributed by atoms with van der Waals surface area (Å²) in [6.07, 6.45) is -0.421. The lowest BCUT2D eigenvalue weighted by molar-refractivity contribution is -0.137. The Bertz CT molecular complexity index is 881. The van der Waals surface area contributed by atoms with E-state index in [1.54, 1.807) is 18.9 Å². The van der Waals surface area contributed by atoms with Gasteiger partial charge in [-0.1, -0.05) is 6.92 Å². The highest BCUT2D eigenvalue weighted by Crippen LogP contribution is 2.39. The number of methoxy groups -OCH3 is 1. The molecule has 0 bridgehead atoms. The first-order valence-corrected chi connectivity index (χ1v) is 15.7. The maximum absolute atomic E-state index is 13.6. The van der Waals surface area contributed by atoms with Gasteiger partial charge in [-0.15, -0.1) is 23.4 Å². The van der Waals surface area contributed by atoms with Crippen LogP contribution in [0, 0.1) is 29.6 Å². The minimum Gasteiger partial charge on any atom is -0.380 e. The van der Waals surface area contributed by atoms with Gasteiger partial charge in [-0.25, -0.2) is 8.78 Å². The van der Waals surface area contributed by atoms with Gasteiger partial charge in [0.25, 0.3) is 6.43 Å². The molecular weight excluding hydrogens is 550 g/mol. The molecule has 12 unspecified atom stereocenters. The van der Waals surface area contributed by atoms with E-state index in [-0.39, 0.29) is 69.8 Å². The molecule has 0 aromatic rings. The van der Waals surface area contributed by atoms with Crippen LogP contribution in [0.1, 0.15) is 33.1 Å². The molecule has 222 valence electrons. The lowest BCUT2D eigenvalue weighted by Gasteiger charge is -2.45. The lowest BCUT2D eigenvalue weighted by Crippen LogP contribution is -2.57. The zero-order valence-corrected chi connectivity index (χ0v) is 24.4. The van der Waals surface area contributed by atoms with Crippen molar-refractivity contribution >= 4 is 35.2 Å². The Hall–Kier alpha value is -0.760. The van der Waals surface area contributed by atoms with E-state index >= 15 is 0 Å². The van der Waals surface area contributed by atoms with E-state index in [1.807, 2.05) is 11.8 Å². The van der Waals surface area contributed by atoms with Crippen molar-refractivity contribution in [1.82, 2.24) is 31.5 Å². The number of carbonyl (C=O) groups excluding carboxylic acids is 2. The maximum Gasteiger partial charge on any atom is 0.253 e. The monoisotopic (exact) mass is 592 g/mol. The Morgan fingerprint density at radius 1 is 1.03 bits per heavy atom. The number of nitrogens with zero attached hydrogens (tertiary/aromatic N) is 1. The van der Waals surface area contributed by atoms with E-state index < -0.39 is 12.5 Å². The van der Waals surface area contributed by atoms with Gasteiger partial charge in [0, 0.05) is 57.2 Å². The SMILES string of the molecule is COC1CNC(Cl)CC1C1CC(C)NCC1C(=O)NC1NC2CN(C(=O)C3CNC(C(F)F)CC3C)CC2S1. The second-order valence-electron chi connectivity index (χ2n) is 12.1. The van der Waals surface area contributed by atoms with Crippen molar-refractivity contribution in [3.8, 4) is 0 Å². The van der Waals surface area contributed by atoms with E-state index in [2.05, 4.69) is 33.5 Å². The normalized spacial score (nSPS) is 44.8. The quantitative estimate of drug-likeness (QED) is 0.230. The van der Waals surface area contributed by atoms with Crippen molar-refractivity contribution in [2.24, 2.45) is 29.6 Å². The van der Waals surface area contributed by atoms with E-state index in [0.717, 1.165) is 12.8 Å². The fraction of sp³-hybridized carbons (Fsp3) is 0.923. The molecule has 0 spiro atoms. The van der Waals surface area contributed by atoms with E-state index in [4.69, 9.17) is 16.3 Å². The zero-order chi connectivity index (χ0) is 27.8. The number of likely N-dealkylation sites (tertiary alicyclic amines) is 1. The fourth-order valence-electron chi connectivity index (χ4n) is 7.33. The van der Waals surface area contributed by atoms with Crippen molar-refractivity contribution in [1.29, 1.82) is 0 Å². The highest BCUT2D eigenvalue weighted by molar-refractivity contribution is 8.00. The third-order valence-corrected chi connectivity index (χ3v) is 11.3. The third-order valence-electron chi connectivity index (χ3n) is 9.58. The standard InChI is InChI=1S/C26H43ClF2N6O3S/c1-12-4-18(23(28)29)31-7-16(12)25(37)35-10-19-21(11-35)39-26(33-19)34-24(36)17-8-30-13(2)5-14(17)15-6-22(27)32-9-20(15)38-3/h12-23,26,30-33H,4-11H2,1-3H3,(H,34,36). The minimum absolute atomic E-state index is 0.0239. The van der Waals surface area contributed by atoms with E-state index in [9.17, 15) is 18.4 Å². The lowest BCUT2D eigenvalue weighted by atomic mass is 9.70. The van der Waals surface area contributed by atoms with Gasteiger partial charge in [0.1, 0.15) is 5.50 Å². The van der Waals surface area contributed by atoms with Crippen LogP contribution in [0.4, 0.5) is 8.78 Å². The van der Waals surface area contributed by atoms with Gasteiger partial charge in [-0.2, -0.15) is 0 Å². The van der Waals surface area contributed by atoms with Crippen LogP contribution in [0.3, 0.4) is 0 Å². The predicted octanol–water partition coefficient (Wildman–Crippen LogP) is 0.985. The van der Waals surface area contributed by atoms with Crippen LogP contribution in [0.5, 0.6) is 0 Å². The summed E-state index contributed by atoms with van der Waals surface area (Å²) in [7, 11) is 1.73. The molecule has 5 heterocycles. The molecule has 5 aliphatic heterocycles. The Kier molecular flexibility index (Phi) is 9.62. The van der Waals surface area contributed by atoms with Gasteiger partial charge in [0.15, 0.2) is 0 Å². The Morgan fingerprint density at radius 3 is 2.49 bits per heavy atom. The van der Waals surface area contributed by atoms with Gasteiger partial charge >= 0.3 is 0 Å². The topological polar surface area (TPSA) is 107 Å². The summed E-state index contributed by atoms with van der Waals surface area (Å²) >= 11 is 8.12. The van der Waals surface area contributed by atoms with Gasteiger partial charge in [0.2, 0.25) is 11.8 Å². The molecule has 0 radical (unpaired) electrons. The molecule has 5 aliphatic rings. The number of halogens is 3. The van der Waals surface area contributed by atoms with Crippen molar-refractivity contribution in [2.75, 3.05) is 39.8 Å². The number of fused-ring (bicyclic) bond motifs is 1. The van der Waals surface area contributed by atoms with Crippen LogP contribution in [0.25, 0.3) is 0 Å². The minimum atomic E-state index is -2.41. The molecule has 9 nitrogen and oxygen atoms in total. The molecule has 0 saturated carbocycles. The molecular formula is C26H43ClF2N6O3S. The first-order valence-electron chi connectivity index (χ1n) is 14.3. The molecule has 39 heavy (non-hydrogen) atoms. The molecule has 0 aliphatic carbocycles. The molecule has 0 aromatic carbocycles. The number of rotatable bonds is 6. The number of carbonyl (C=O) groups is 2. The smallest absolute Gasteiger partial charge is 0.253 e. The van der Waals surface area contributed by atoms with Crippen molar-refractivity contribution < 1.29 is 23.1 Å². The van der Waals surface area contributed by atoms with Crippen LogP contribution in [-0.4, -0.2) is 103 Å². The van der Waals surface area contributed by atoms with Gasteiger partial charge in [-0.05, 0) is 43.9 Å². The number of hydrogen-bond acceptors (Lipinski definition) is 8. The number of hydrogen-bond donors (Lipinski definition) is 5. The number of nitrogens with one attached hydrogen (secondary N) is 5. The van der Waals surface area contributed by atoms with Crippen molar-refractivity contribution in [2.45, 2.75) is 80.0 Å². The average Bonchev–Trinajstić information content (AvgIpc) is 3.47. The number of thioether (sulfide) groups is 1. The van der Waals surface area contributed by atoms with Crippen molar-refractivity contribution in [3.05, 3.63) is 0 Å². The molecule has 5 fully saturated rings. The molecule has 5 rings (SSSR count). The van der Waals surface area contributed by atoms with Gasteiger partial charge < -0.3 is 25.6 Å². The zero-order valence-electron chi connectivity index (χ0n) is 22.9. The Labute approximate surface area is 239 Å². The summed E-state index contributed by atoms with van der Waals surface area (Å²) in [5, 5.41) is 16.6. The predicted molar refractivity (Wildman–Crippen MR) is 147 cm³/mol. The number of ether oxygens (including phenoxy) is 1. The second kappa shape index (κ2) is 12.6. The highest BCUT2D eigenvalue weighted by Gasteiger charge is 2.48. The Balaban J connectivity index is 1.14.